The van der Waals surface area contributed by atoms with Crippen molar-refractivity contribution in [2.45, 2.75) is 38.6 Å². The quantitative estimate of drug-likeness (QED) is 0.447. The molecule has 6 heteroatoms. The molecule has 0 fully saturated rings. The van der Waals surface area contributed by atoms with Gasteiger partial charge in [0.05, 0.1) is 6.61 Å². The summed E-state index contributed by atoms with van der Waals surface area (Å²) in [6, 6.07) is -0.573. The summed E-state index contributed by atoms with van der Waals surface area (Å²) in [6.07, 6.45) is 2.64. The second-order valence-electron chi connectivity index (χ2n) is 4.07. The van der Waals surface area contributed by atoms with Crippen molar-refractivity contribution in [2.75, 3.05) is 26.8 Å². The molecule has 0 heterocycles. The van der Waals surface area contributed by atoms with E-state index >= 15 is 0 Å². The summed E-state index contributed by atoms with van der Waals surface area (Å²) in [5.41, 5.74) is 5.25. The van der Waals surface area contributed by atoms with Crippen LogP contribution in [0, 0.1) is 0 Å². The number of nitrogens with one attached hydrogen (secondary N) is 2. The summed E-state index contributed by atoms with van der Waals surface area (Å²) in [6.45, 7) is 3.71. The zero-order chi connectivity index (χ0) is 13.8. The highest BCUT2D eigenvalue weighted by atomic mass is 16.5. The van der Waals surface area contributed by atoms with E-state index in [2.05, 4.69) is 10.6 Å². The molecule has 106 valence electrons. The lowest BCUT2D eigenvalue weighted by Gasteiger charge is -2.15. The van der Waals surface area contributed by atoms with Crippen LogP contribution >= 0.6 is 0 Å². The molecule has 1 atom stereocenters. The van der Waals surface area contributed by atoms with E-state index in [9.17, 15) is 9.59 Å². The monoisotopic (exact) mass is 259 g/mol. The van der Waals surface area contributed by atoms with Crippen LogP contribution in [-0.2, 0) is 14.3 Å². The summed E-state index contributed by atoms with van der Waals surface area (Å²) < 4.78 is 5.07. The van der Waals surface area contributed by atoms with Gasteiger partial charge in [-0.05, 0) is 39.8 Å². The van der Waals surface area contributed by atoms with Crippen molar-refractivity contribution in [2.24, 2.45) is 5.73 Å². The smallest absolute Gasteiger partial charge is 0.239 e. The average Bonchev–Trinajstić information content (AvgIpc) is 2.33. The molecule has 18 heavy (non-hydrogen) atoms. The molecule has 4 N–H and O–H groups in total. The van der Waals surface area contributed by atoms with E-state index in [0.29, 0.717) is 19.6 Å². The molecule has 0 aliphatic rings. The Labute approximate surface area is 109 Å². The zero-order valence-corrected chi connectivity index (χ0v) is 11.3. The largest absolute Gasteiger partial charge is 0.381 e. The molecular formula is C12H25N3O3. The fraction of sp³-hybridized carbons (Fsp3) is 0.833. The number of ether oxygens (including phenoxy) is 1. The first kappa shape index (κ1) is 16.9. The molecule has 0 aromatic heterocycles. The molecule has 0 aromatic rings. The number of rotatable bonds is 11. The van der Waals surface area contributed by atoms with Gasteiger partial charge in [-0.3, -0.25) is 9.59 Å². The van der Waals surface area contributed by atoms with Crippen molar-refractivity contribution in [1.29, 1.82) is 0 Å². The highest BCUT2D eigenvalue weighted by Gasteiger charge is 2.17. The van der Waals surface area contributed by atoms with E-state index in [4.69, 9.17) is 10.5 Å². The van der Waals surface area contributed by atoms with Crippen molar-refractivity contribution in [3.8, 4) is 0 Å². The third-order valence-corrected chi connectivity index (χ3v) is 2.53. The van der Waals surface area contributed by atoms with Crippen LogP contribution in [0.25, 0.3) is 0 Å². The van der Waals surface area contributed by atoms with E-state index in [1.807, 2.05) is 14.0 Å². The fourth-order valence-corrected chi connectivity index (χ4v) is 1.51. The van der Waals surface area contributed by atoms with Crippen molar-refractivity contribution >= 4 is 11.8 Å². The van der Waals surface area contributed by atoms with Gasteiger partial charge < -0.3 is 21.1 Å². The lowest BCUT2D eigenvalue weighted by molar-refractivity contribution is -0.128. The molecular weight excluding hydrogens is 234 g/mol. The third kappa shape index (κ3) is 8.95. The van der Waals surface area contributed by atoms with Crippen LogP contribution in [0.1, 0.15) is 32.6 Å². The average molecular weight is 259 g/mol. The Hall–Kier alpha value is -1.14. The van der Waals surface area contributed by atoms with Gasteiger partial charge in [-0.25, -0.2) is 0 Å². The summed E-state index contributed by atoms with van der Waals surface area (Å²) in [7, 11) is 1.88. The normalized spacial score (nSPS) is 12.1. The molecule has 2 amide bonds. The molecule has 0 rings (SSSR count). The molecule has 0 bridgehead atoms. The number of unbranched alkanes of at least 4 members (excludes halogenated alkanes) is 1. The van der Waals surface area contributed by atoms with Crippen molar-refractivity contribution in [3.05, 3.63) is 0 Å². The minimum atomic E-state index is -0.573. The maximum Gasteiger partial charge on any atom is 0.239 e. The molecule has 0 saturated carbocycles. The van der Waals surface area contributed by atoms with Crippen LogP contribution in [0.3, 0.4) is 0 Å². The van der Waals surface area contributed by atoms with E-state index in [1.54, 1.807) is 0 Å². The van der Waals surface area contributed by atoms with Gasteiger partial charge in [0.2, 0.25) is 11.8 Å². The number of amides is 2. The summed E-state index contributed by atoms with van der Waals surface area (Å²) in [5, 5.41) is 5.66. The van der Waals surface area contributed by atoms with Gasteiger partial charge in [0, 0.05) is 13.0 Å². The topological polar surface area (TPSA) is 93.4 Å². The second kappa shape index (κ2) is 11.0. The van der Waals surface area contributed by atoms with Gasteiger partial charge in [0.25, 0.3) is 0 Å². The van der Waals surface area contributed by atoms with Crippen LogP contribution in [0.15, 0.2) is 0 Å². The van der Waals surface area contributed by atoms with Gasteiger partial charge in [-0.15, -0.1) is 0 Å². The van der Waals surface area contributed by atoms with Gasteiger partial charge >= 0.3 is 0 Å². The van der Waals surface area contributed by atoms with Crippen molar-refractivity contribution in [3.63, 3.8) is 0 Å². The summed E-state index contributed by atoms with van der Waals surface area (Å²) >= 11 is 0. The molecule has 6 nitrogen and oxygen atoms in total. The number of carbonyl (C=O) groups excluding carboxylic acids is 2. The molecule has 1 unspecified atom stereocenters. The number of nitrogens with two attached hydrogens (primary N) is 1. The van der Waals surface area contributed by atoms with Crippen LogP contribution in [-0.4, -0.2) is 44.7 Å². The maximum absolute atomic E-state index is 11.5. The molecule has 0 saturated heterocycles. The van der Waals surface area contributed by atoms with E-state index in [-0.39, 0.29) is 12.3 Å². The minimum Gasteiger partial charge on any atom is -0.381 e. The van der Waals surface area contributed by atoms with Crippen LogP contribution in [0.2, 0.25) is 0 Å². The van der Waals surface area contributed by atoms with E-state index in [1.165, 1.54) is 0 Å². The molecule has 0 spiro atoms. The first-order valence-electron chi connectivity index (χ1n) is 6.42. The molecule has 0 aliphatic carbocycles. The van der Waals surface area contributed by atoms with Gasteiger partial charge in [0.1, 0.15) is 6.04 Å². The Morgan fingerprint density at radius 2 is 2.06 bits per heavy atom. The van der Waals surface area contributed by atoms with Gasteiger partial charge in [-0.2, -0.15) is 0 Å². The minimum absolute atomic E-state index is 0.194. The molecule has 0 aromatic carbocycles. The Morgan fingerprint density at radius 1 is 1.33 bits per heavy atom. The Balaban J connectivity index is 3.88. The lowest BCUT2D eigenvalue weighted by Crippen LogP contribution is -2.44. The summed E-state index contributed by atoms with van der Waals surface area (Å²) in [5.74, 6) is -0.676. The zero-order valence-electron chi connectivity index (χ0n) is 11.3. The first-order valence-corrected chi connectivity index (χ1v) is 6.42. The van der Waals surface area contributed by atoms with Crippen molar-refractivity contribution in [1.82, 2.24) is 10.6 Å². The number of hydrogen-bond acceptors (Lipinski definition) is 4. The highest BCUT2D eigenvalue weighted by molar-refractivity contribution is 5.86. The summed E-state index contributed by atoms with van der Waals surface area (Å²) in [4.78, 5) is 22.7. The second-order valence-corrected chi connectivity index (χ2v) is 4.07. The number of primary amides is 1. The standard InChI is InChI=1S/C12H25N3O3/c1-3-18-9-7-11(16)15-10(12(13)17)6-4-5-8-14-2/h10,14H,3-9H2,1-2H3,(H2,13,17)(H,15,16). The van der Waals surface area contributed by atoms with Gasteiger partial charge in [-0.1, -0.05) is 0 Å². The SMILES string of the molecule is CCOCCC(=O)NC(CCCCNC)C(N)=O. The molecule has 0 aliphatic heterocycles. The fourth-order valence-electron chi connectivity index (χ4n) is 1.51. The maximum atomic E-state index is 11.5. The predicted molar refractivity (Wildman–Crippen MR) is 70.0 cm³/mol. The molecule has 0 radical (unpaired) electrons. The number of hydrogen-bond donors (Lipinski definition) is 3. The highest BCUT2D eigenvalue weighted by Crippen LogP contribution is 2.01. The Morgan fingerprint density at radius 3 is 2.61 bits per heavy atom. The third-order valence-electron chi connectivity index (χ3n) is 2.53. The number of carbonyl (C=O) groups is 2. The Bertz CT molecular complexity index is 247. The van der Waals surface area contributed by atoms with Crippen LogP contribution in [0.4, 0.5) is 0 Å². The Kier molecular flexibility index (Phi) is 10.3. The van der Waals surface area contributed by atoms with E-state index < -0.39 is 11.9 Å². The van der Waals surface area contributed by atoms with Crippen molar-refractivity contribution < 1.29 is 14.3 Å². The van der Waals surface area contributed by atoms with Crippen LogP contribution < -0.4 is 16.4 Å². The van der Waals surface area contributed by atoms with Crippen LogP contribution in [0.5, 0.6) is 0 Å². The van der Waals surface area contributed by atoms with Gasteiger partial charge in [0.15, 0.2) is 0 Å². The van der Waals surface area contributed by atoms with E-state index in [0.717, 1.165) is 19.4 Å². The predicted octanol–water partition coefficient (Wildman–Crippen LogP) is -0.227. The lowest BCUT2D eigenvalue weighted by atomic mass is 10.1. The first-order chi connectivity index (χ1) is 8.61.